The lowest BCUT2D eigenvalue weighted by Gasteiger charge is -2.11. The van der Waals surface area contributed by atoms with Gasteiger partial charge in [0.05, 0.1) is 9.50 Å². The molecule has 0 fully saturated rings. The minimum absolute atomic E-state index is 0.0612. The molecule has 0 amide bonds. The Hall–Kier alpha value is -1.26. The molecule has 2 rings (SSSR count). The van der Waals surface area contributed by atoms with Gasteiger partial charge in [0.1, 0.15) is 11.6 Å². The van der Waals surface area contributed by atoms with Gasteiger partial charge < -0.3 is 10.4 Å². The molecule has 19 heavy (non-hydrogen) atoms. The summed E-state index contributed by atoms with van der Waals surface area (Å²) in [6.45, 7) is 2.38. The number of nitrogens with one attached hydrogen (secondary N) is 1. The van der Waals surface area contributed by atoms with Gasteiger partial charge in [0.25, 0.3) is 0 Å². The highest BCUT2D eigenvalue weighted by Gasteiger charge is 2.06. The lowest BCUT2D eigenvalue weighted by molar-refractivity contribution is 0.475. The summed E-state index contributed by atoms with van der Waals surface area (Å²) < 4.78 is 13.7. The second kappa shape index (κ2) is 5.80. The predicted octanol–water partition coefficient (Wildman–Crippen LogP) is 4.87. The largest absolute Gasteiger partial charge is 0.506 e. The van der Waals surface area contributed by atoms with E-state index in [0.717, 1.165) is 16.8 Å². The van der Waals surface area contributed by atoms with Crippen molar-refractivity contribution in [2.75, 3.05) is 5.32 Å². The van der Waals surface area contributed by atoms with E-state index in [1.54, 1.807) is 24.3 Å². The average Bonchev–Trinajstić information content (AvgIpc) is 2.36. The standard InChI is InChI=1S/C14H12BrClFNO/c1-8-4-12(17)10(15)6-13(8)18-7-9-2-3-14(19)11(16)5-9/h2-6,18-19H,7H2,1H3. The maximum atomic E-state index is 13.3. The quantitative estimate of drug-likeness (QED) is 0.833. The first kappa shape index (κ1) is 14.2. The lowest BCUT2D eigenvalue weighted by atomic mass is 10.1. The number of benzene rings is 2. The van der Waals surface area contributed by atoms with Crippen LogP contribution in [0.2, 0.25) is 5.02 Å². The minimum atomic E-state index is -0.282. The molecule has 0 radical (unpaired) electrons. The highest BCUT2D eigenvalue weighted by molar-refractivity contribution is 9.10. The highest BCUT2D eigenvalue weighted by Crippen LogP contribution is 2.26. The monoisotopic (exact) mass is 343 g/mol. The summed E-state index contributed by atoms with van der Waals surface area (Å²) in [5.41, 5.74) is 2.60. The van der Waals surface area contributed by atoms with Gasteiger partial charge in [0.15, 0.2) is 0 Å². The molecule has 0 saturated heterocycles. The van der Waals surface area contributed by atoms with Gasteiger partial charge >= 0.3 is 0 Å². The number of phenols is 1. The van der Waals surface area contributed by atoms with E-state index in [2.05, 4.69) is 21.2 Å². The molecule has 2 aromatic rings. The number of phenolic OH excluding ortho intramolecular Hbond substituents is 1. The van der Waals surface area contributed by atoms with E-state index >= 15 is 0 Å². The Kier molecular flexibility index (Phi) is 4.32. The molecule has 5 heteroatoms. The normalized spacial score (nSPS) is 10.5. The molecule has 0 atom stereocenters. The van der Waals surface area contributed by atoms with E-state index in [1.165, 1.54) is 6.07 Å². The SMILES string of the molecule is Cc1cc(F)c(Br)cc1NCc1ccc(O)c(Cl)c1. The molecular formula is C14H12BrClFNO. The summed E-state index contributed by atoms with van der Waals surface area (Å²) >= 11 is 9.00. The maximum Gasteiger partial charge on any atom is 0.137 e. The zero-order chi connectivity index (χ0) is 14.0. The Morgan fingerprint density at radius 2 is 2.05 bits per heavy atom. The second-order valence-corrected chi connectivity index (χ2v) is 5.48. The summed E-state index contributed by atoms with van der Waals surface area (Å²) in [5, 5.41) is 12.9. The van der Waals surface area contributed by atoms with Gasteiger partial charge in [0.2, 0.25) is 0 Å². The molecule has 0 aliphatic heterocycles. The summed E-state index contributed by atoms with van der Waals surface area (Å²) in [6.07, 6.45) is 0. The average molecular weight is 345 g/mol. The smallest absolute Gasteiger partial charge is 0.137 e. The van der Waals surface area contributed by atoms with Gasteiger partial charge in [-0.05, 0) is 58.2 Å². The van der Waals surface area contributed by atoms with Crippen LogP contribution >= 0.6 is 27.5 Å². The Labute approximate surface area is 124 Å². The number of aryl methyl sites for hydroxylation is 1. The van der Waals surface area contributed by atoms with Crippen LogP contribution in [-0.2, 0) is 6.54 Å². The van der Waals surface area contributed by atoms with Crippen LogP contribution in [0.5, 0.6) is 5.75 Å². The molecule has 0 unspecified atom stereocenters. The topological polar surface area (TPSA) is 32.3 Å². The molecule has 0 saturated carbocycles. The predicted molar refractivity (Wildman–Crippen MR) is 79.3 cm³/mol. The van der Waals surface area contributed by atoms with Crippen LogP contribution < -0.4 is 5.32 Å². The van der Waals surface area contributed by atoms with Crippen molar-refractivity contribution in [2.45, 2.75) is 13.5 Å². The summed E-state index contributed by atoms with van der Waals surface area (Å²) in [7, 11) is 0. The first-order valence-corrected chi connectivity index (χ1v) is 6.81. The van der Waals surface area contributed by atoms with Crippen molar-refractivity contribution in [3.05, 3.63) is 56.8 Å². The fourth-order valence-electron chi connectivity index (χ4n) is 1.69. The van der Waals surface area contributed by atoms with Crippen LogP contribution in [0.25, 0.3) is 0 Å². The van der Waals surface area contributed by atoms with Crippen molar-refractivity contribution in [3.8, 4) is 5.75 Å². The van der Waals surface area contributed by atoms with Crippen molar-refractivity contribution in [1.29, 1.82) is 0 Å². The molecule has 2 aromatic carbocycles. The third-order valence-electron chi connectivity index (χ3n) is 2.76. The minimum Gasteiger partial charge on any atom is -0.506 e. The number of hydrogen-bond donors (Lipinski definition) is 2. The van der Waals surface area contributed by atoms with Gasteiger partial charge in [-0.2, -0.15) is 0 Å². The van der Waals surface area contributed by atoms with Crippen molar-refractivity contribution >= 4 is 33.2 Å². The summed E-state index contributed by atoms with van der Waals surface area (Å²) in [6, 6.07) is 8.19. The molecule has 0 spiro atoms. The molecular weight excluding hydrogens is 333 g/mol. The van der Waals surface area contributed by atoms with Gasteiger partial charge in [0, 0.05) is 12.2 Å². The van der Waals surface area contributed by atoms with Crippen molar-refractivity contribution in [1.82, 2.24) is 0 Å². The van der Waals surface area contributed by atoms with Crippen LogP contribution in [0.15, 0.2) is 34.8 Å². The van der Waals surface area contributed by atoms with Crippen LogP contribution in [0, 0.1) is 12.7 Å². The Balaban J connectivity index is 2.14. The number of halogens is 3. The fourth-order valence-corrected chi connectivity index (χ4v) is 2.24. The zero-order valence-electron chi connectivity index (χ0n) is 10.2. The van der Waals surface area contributed by atoms with Gasteiger partial charge in [-0.15, -0.1) is 0 Å². The van der Waals surface area contributed by atoms with Crippen LogP contribution in [-0.4, -0.2) is 5.11 Å². The molecule has 0 aromatic heterocycles. The number of hydrogen-bond acceptors (Lipinski definition) is 2. The first-order chi connectivity index (χ1) is 8.97. The van der Waals surface area contributed by atoms with E-state index < -0.39 is 0 Å². The molecule has 0 bridgehead atoms. The Bertz CT molecular complexity index is 619. The van der Waals surface area contributed by atoms with Gasteiger partial charge in [-0.1, -0.05) is 17.7 Å². The van der Waals surface area contributed by atoms with Gasteiger partial charge in [-0.3, -0.25) is 0 Å². The van der Waals surface area contributed by atoms with Crippen LogP contribution in [0.4, 0.5) is 10.1 Å². The second-order valence-electron chi connectivity index (χ2n) is 4.22. The molecule has 0 heterocycles. The lowest BCUT2D eigenvalue weighted by Crippen LogP contribution is -2.01. The fraction of sp³-hybridized carbons (Fsp3) is 0.143. The van der Waals surface area contributed by atoms with E-state index in [-0.39, 0.29) is 11.6 Å². The van der Waals surface area contributed by atoms with Crippen molar-refractivity contribution in [2.24, 2.45) is 0 Å². The van der Waals surface area contributed by atoms with E-state index in [9.17, 15) is 9.50 Å². The Morgan fingerprint density at radius 3 is 2.74 bits per heavy atom. The Morgan fingerprint density at radius 1 is 1.32 bits per heavy atom. The third-order valence-corrected chi connectivity index (χ3v) is 3.67. The summed E-state index contributed by atoms with van der Waals surface area (Å²) in [4.78, 5) is 0. The first-order valence-electron chi connectivity index (χ1n) is 5.64. The van der Waals surface area contributed by atoms with Crippen LogP contribution in [0.1, 0.15) is 11.1 Å². The highest BCUT2D eigenvalue weighted by atomic mass is 79.9. The molecule has 2 nitrogen and oxygen atoms in total. The maximum absolute atomic E-state index is 13.3. The van der Waals surface area contributed by atoms with E-state index in [1.807, 2.05) is 6.92 Å². The van der Waals surface area contributed by atoms with Gasteiger partial charge in [-0.25, -0.2) is 4.39 Å². The zero-order valence-corrected chi connectivity index (χ0v) is 12.5. The van der Waals surface area contributed by atoms with E-state index in [0.29, 0.717) is 16.0 Å². The number of rotatable bonds is 3. The number of anilines is 1. The molecule has 100 valence electrons. The molecule has 0 aliphatic carbocycles. The van der Waals surface area contributed by atoms with Crippen molar-refractivity contribution < 1.29 is 9.50 Å². The summed E-state index contributed by atoms with van der Waals surface area (Å²) in [5.74, 6) is -0.221. The third kappa shape index (κ3) is 3.39. The number of aromatic hydroxyl groups is 1. The molecule has 2 N–H and O–H groups in total. The van der Waals surface area contributed by atoms with Crippen LogP contribution in [0.3, 0.4) is 0 Å². The van der Waals surface area contributed by atoms with E-state index in [4.69, 9.17) is 11.6 Å². The molecule has 0 aliphatic rings. The van der Waals surface area contributed by atoms with Crippen molar-refractivity contribution in [3.63, 3.8) is 0 Å².